The number of ether oxygens (including phenoxy) is 1. The molecule has 3 heteroatoms. The second kappa shape index (κ2) is 5.24. The Morgan fingerprint density at radius 1 is 1.37 bits per heavy atom. The minimum absolute atomic E-state index is 0.0296. The van der Waals surface area contributed by atoms with Gasteiger partial charge in [0.2, 0.25) is 5.91 Å². The highest BCUT2D eigenvalue weighted by atomic mass is 16.5. The van der Waals surface area contributed by atoms with Crippen molar-refractivity contribution in [1.82, 2.24) is 5.32 Å². The molecule has 19 heavy (non-hydrogen) atoms. The lowest BCUT2D eigenvalue weighted by Gasteiger charge is -2.23. The summed E-state index contributed by atoms with van der Waals surface area (Å²) in [5, 5.41) is 3.00. The number of methoxy groups -OCH3 is 1. The van der Waals surface area contributed by atoms with Crippen molar-refractivity contribution in [2.24, 2.45) is 5.92 Å². The van der Waals surface area contributed by atoms with Crippen LogP contribution in [0.4, 0.5) is 0 Å². The first-order valence-corrected chi connectivity index (χ1v) is 6.87. The maximum absolute atomic E-state index is 11.6. The van der Waals surface area contributed by atoms with Crippen molar-refractivity contribution < 1.29 is 9.53 Å². The van der Waals surface area contributed by atoms with Gasteiger partial charge in [-0.2, -0.15) is 0 Å². The van der Waals surface area contributed by atoms with E-state index >= 15 is 0 Å². The Hall–Kier alpha value is -1.51. The molecule has 1 N–H and O–H groups in total. The molecule has 0 spiro atoms. The number of carbonyl (C=O) groups is 1. The Balaban J connectivity index is 2.10. The highest BCUT2D eigenvalue weighted by Gasteiger charge is 2.29. The van der Waals surface area contributed by atoms with E-state index in [1.165, 1.54) is 5.56 Å². The Labute approximate surface area is 115 Å². The van der Waals surface area contributed by atoms with Crippen LogP contribution in [0.5, 0.6) is 5.75 Å². The molecule has 104 valence electrons. The van der Waals surface area contributed by atoms with Gasteiger partial charge >= 0.3 is 0 Å². The third-order valence-corrected chi connectivity index (χ3v) is 3.49. The molecule has 1 fully saturated rings. The normalized spacial score (nSPS) is 15.2. The first-order valence-electron chi connectivity index (χ1n) is 6.87. The molecule has 3 nitrogen and oxygen atoms in total. The highest BCUT2D eigenvalue weighted by molar-refractivity contribution is 5.80. The largest absolute Gasteiger partial charge is 0.496 e. The molecule has 0 heterocycles. The van der Waals surface area contributed by atoms with E-state index in [9.17, 15) is 4.79 Å². The van der Waals surface area contributed by atoms with Crippen molar-refractivity contribution >= 4 is 5.91 Å². The Bertz CT molecular complexity index is 470. The summed E-state index contributed by atoms with van der Waals surface area (Å²) in [6.45, 7) is 7.09. The van der Waals surface area contributed by atoms with Gasteiger partial charge in [0.1, 0.15) is 5.75 Å². The van der Waals surface area contributed by atoms with Crippen molar-refractivity contribution in [3.63, 3.8) is 0 Å². The van der Waals surface area contributed by atoms with Crippen molar-refractivity contribution in [3.8, 4) is 5.75 Å². The predicted octanol–water partition coefficient (Wildman–Crippen LogP) is 3.02. The van der Waals surface area contributed by atoms with Crippen molar-refractivity contribution in [2.45, 2.75) is 45.6 Å². The summed E-state index contributed by atoms with van der Waals surface area (Å²) in [7, 11) is 1.69. The predicted molar refractivity (Wildman–Crippen MR) is 76.3 cm³/mol. The van der Waals surface area contributed by atoms with E-state index in [0.29, 0.717) is 6.54 Å². The minimum atomic E-state index is 0.0296. The van der Waals surface area contributed by atoms with Crippen LogP contribution in [-0.4, -0.2) is 13.0 Å². The van der Waals surface area contributed by atoms with Crippen molar-refractivity contribution in [3.05, 3.63) is 29.3 Å². The zero-order chi connectivity index (χ0) is 14.0. The molecule has 1 aliphatic carbocycles. The van der Waals surface area contributed by atoms with E-state index < -0.39 is 0 Å². The third kappa shape index (κ3) is 3.49. The number of amides is 1. The molecule has 0 aromatic heterocycles. The van der Waals surface area contributed by atoms with Gasteiger partial charge in [0.15, 0.2) is 0 Å². The van der Waals surface area contributed by atoms with Gasteiger partial charge in [-0.15, -0.1) is 0 Å². The quantitative estimate of drug-likeness (QED) is 0.904. The number of benzene rings is 1. The SMILES string of the molecule is COc1ccc(CNC(=O)C2CC2)cc1C(C)(C)C. The number of nitrogens with one attached hydrogen (secondary N) is 1. The van der Waals surface area contributed by atoms with Crippen LogP contribution in [0, 0.1) is 5.92 Å². The van der Waals surface area contributed by atoms with Crippen LogP contribution in [0.3, 0.4) is 0 Å². The average molecular weight is 261 g/mol. The van der Waals surface area contributed by atoms with Crippen LogP contribution in [0.1, 0.15) is 44.7 Å². The first kappa shape index (κ1) is 13.9. The molecule has 1 amide bonds. The molecule has 1 aromatic rings. The lowest BCUT2D eigenvalue weighted by molar-refractivity contribution is -0.122. The number of carbonyl (C=O) groups excluding carboxylic acids is 1. The van der Waals surface area contributed by atoms with Gasteiger partial charge in [0, 0.05) is 12.5 Å². The summed E-state index contributed by atoms with van der Waals surface area (Å²) in [6.07, 6.45) is 2.09. The van der Waals surface area contributed by atoms with E-state index in [2.05, 4.69) is 32.2 Å². The second-order valence-electron chi connectivity index (χ2n) is 6.28. The maximum Gasteiger partial charge on any atom is 0.223 e. The second-order valence-corrected chi connectivity index (χ2v) is 6.28. The van der Waals surface area contributed by atoms with E-state index in [0.717, 1.165) is 24.2 Å². The summed E-state index contributed by atoms with van der Waals surface area (Å²) in [6, 6.07) is 6.13. The standard InChI is InChI=1S/C16H23NO2/c1-16(2,3)13-9-11(5-8-14(13)19-4)10-17-15(18)12-6-7-12/h5,8-9,12H,6-7,10H2,1-4H3,(H,17,18). The maximum atomic E-state index is 11.6. The van der Waals surface area contributed by atoms with E-state index in [1.807, 2.05) is 12.1 Å². The zero-order valence-corrected chi connectivity index (χ0v) is 12.2. The van der Waals surface area contributed by atoms with Crippen molar-refractivity contribution in [2.75, 3.05) is 7.11 Å². The zero-order valence-electron chi connectivity index (χ0n) is 12.2. The van der Waals surface area contributed by atoms with Gasteiger partial charge in [-0.25, -0.2) is 0 Å². The van der Waals surface area contributed by atoms with Crippen LogP contribution < -0.4 is 10.1 Å². The summed E-state index contributed by atoms with van der Waals surface area (Å²) < 4.78 is 5.41. The molecule has 0 unspecified atom stereocenters. The van der Waals surface area contributed by atoms with Gasteiger partial charge in [-0.1, -0.05) is 26.8 Å². The summed E-state index contributed by atoms with van der Waals surface area (Å²) in [5.74, 6) is 1.36. The Morgan fingerprint density at radius 3 is 2.58 bits per heavy atom. The molecular formula is C16H23NO2. The smallest absolute Gasteiger partial charge is 0.223 e. The summed E-state index contributed by atoms with van der Waals surface area (Å²) >= 11 is 0. The molecule has 0 radical (unpaired) electrons. The fraction of sp³-hybridized carbons (Fsp3) is 0.562. The van der Waals surface area contributed by atoms with E-state index in [4.69, 9.17) is 4.74 Å². The van der Waals surface area contributed by atoms with Gasteiger partial charge < -0.3 is 10.1 Å². The van der Waals surface area contributed by atoms with Gasteiger partial charge in [-0.05, 0) is 41.5 Å². The van der Waals surface area contributed by atoms with Crippen LogP contribution in [-0.2, 0) is 16.8 Å². The number of hydrogen-bond acceptors (Lipinski definition) is 2. The molecular weight excluding hydrogens is 238 g/mol. The van der Waals surface area contributed by atoms with E-state index in [1.54, 1.807) is 7.11 Å². The molecule has 0 bridgehead atoms. The summed E-state index contributed by atoms with van der Waals surface area (Å²) in [5.41, 5.74) is 2.33. The van der Waals surface area contributed by atoms with Crippen LogP contribution in [0.2, 0.25) is 0 Å². The highest BCUT2D eigenvalue weighted by Crippen LogP contribution is 2.32. The first-order chi connectivity index (χ1) is 8.91. The Morgan fingerprint density at radius 2 is 2.05 bits per heavy atom. The monoisotopic (exact) mass is 261 g/mol. The number of rotatable bonds is 4. The van der Waals surface area contributed by atoms with Crippen LogP contribution >= 0.6 is 0 Å². The fourth-order valence-corrected chi connectivity index (χ4v) is 2.13. The van der Waals surface area contributed by atoms with E-state index in [-0.39, 0.29) is 17.2 Å². The van der Waals surface area contributed by atoms with Gasteiger partial charge in [-0.3, -0.25) is 4.79 Å². The lowest BCUT2D eigenvalue weighted by atomic mass is 9.85. The average Bonchev–Trinajstić information content (AvgIpc) is 3.18. The number of hydrogen-bond donors (Lipinski definition) is 1. The molecule has 0 aliphatic heterocycles. The van der Waals surface area contributed by atoms with Gasteiger partial charge in [0.05, 0.1) is 7.11 Å². The molecule has 0 saturated heterocycles. The molecule has 1 aliphatic rings. The molecule has 1 aromatic carbocycles. The Kier molecular flexibility index (Phi) is 3.83. The van der Waals surface area contributed by atoms with Crippen molar-refractivity contribution in [1.29, 1.82) is 0 Å². The summed E-state index contributed by atoms with van der Waals surface area (Å²) in [4.78, 5) is 11.6. The lowest BCUT2D eigenvalue weighted by Crippen LogP contribution is -2.24. The van der Waals surface area contributed by atoms with Gasteiger partial charge in [0.25, 0.3) is 0 Å². The minimum Gasteiger partial charge on any atom is -0.496 e. The molecule has 0 atom stereocenters. The molecule has 1 saturated carbocycles. The fourth-order valence-electron chi connectivity index (χ4n) is 2.13. The third-order valence-electron chi connectivity index (χ3n) is 3.49. The topological polar surface area (TPSA) is 38.3 Å². The molecule has 2 rings (SSSR count). The van der Waals surface area contributed by atoms with Crippen LogP contribution in [0.25, 0.3) is 0 Å². The van der Waals surface area contributed by atoms with Crippen LogP contribution in [0.15, 0.2) is 18.2 Å².